The van der Waals surface area contributed by atoms with Crippen LogP contribution in [0, 0.1) is 12.4 Å². The lowest BCUT2D eigenvalue weighted by Crippen LogP contribution is -2.25. The molecule has 0 saturated carbocycles. The van der Waals surface area contributed by atoms with E-state index in [1.54, 1.807) is 23.5 Å². The first-order chi connectivity index (χ1) is 15.9. The van der Waals surface area contributed by atoms with Crippen LogP contribution < -0.4 is 4.90 Å². The molecule has 7 heteroatoms. The molecular weight excluding hydrogens is 455 g/mol. The number of carboxylic acids is 1. The number of fused-ring (bicyclic) bond motifs is 1. The number of benzene rings is 1. The van der Waals surface area contributed by atoms with Gasteiger partial charge >= 0.3 is 5.97 Å². The van der Waals surface area contributed by atoms with Gasteiger partial charge < -0.3 is 10.0 Å². The molecule has 0 unspecified atom stereocenters. The van der Waals surface area contributed by atoms with Crippen molar-refractivity contribution in [1.29, 1.82) is 0 Å². The van der Waals surface area contributed by atoms with Crippen LogP contribution in [0.3, 0.4) is 0 Å². The molecule has 0 aliphatic rings. The van der Waals surface area contributed by atoms with Gasteiger partial charge in [-0.05, 0) is 55.3 Å². The normalized spacial score (nSPS) is 11.9. The molecule has 0 aliphatic heterocycles. The van der Waals surface area contributed by atoms with Crippen LogP contribution in [0.4, 0.5) is 10.1 Å². The first-order valence-electron chi connectivity index (χ1n) is 11.0. The van der Waals surface area contributed by atoms with Gasteiger partial charge in [0.25, 0.3) is 5.70 Å². The molecule has 3 rings (SSSR count). The standard InChI is InChI=1S/C26H27FN2O2S2/c1-4-6-12-29(13-7-5-2)19-10-8-18(22(27)14-19)9-11-20-16-24-25(32-20)17-21(33-24)15-23(28-3)26(30)31/h8-11,14-17H,4-7,12-13H2,1-2H3,(H,30,31)/b11-9+,23-15-. The number of anilines is 1. The van der Waals surface area contributed by atoms with Crippen molar-refractivity contribution in [1.82, 2.24) is 0 Å². The molecular formula is C26H27FN2O2S2. The van der Waals surface area contributed by atoms with Crippen molar-refractivity contribution in [2.45, 2.75) is 39.5 Å². The van der Waals surface area contributed by atoms with Crippen LogP contribution in [-0.4, -0.2) is 24.2 Å². The van der Waals surface area contributed by atoms with Gasteiger partial charge in [0.05, 0.1) is 6.57 Å². The molecule has 3 aromatic rings. The monoisotopic (exact) mass is 482 g/mol. The molecule has 172 valence electrons. The van der Waals surface area contributed by atoms with Crippen LogP contribution in [0.15, 0.2) is 36.0 Å². The highest BCUT2D eigenvalue weighted by Gasteiger charge is 2.11. The predicted octanol–water partition coefficient (Wildman–Crippen LogP) is 8.02. The third-order valence-electron chi connectivity index (χ3n) is 5.20. The SMILES string of the molecule is [C-]#[N+]/C(=C\c1cc2sc(/C=C/c3ccc(N(CCCC)CCCC)cc3F)cc2s1)C(=O)O. The van der Waals surface area contributed by atoms with Gasteiger partial charge in [0.2, 0.25) is 0 Å². The molecule has 4 nitrogen and oxygen atoms in total. The second-order valence-corrected chi connectivity index (χ2v) is 9.94. The minimum atomic E-state index is -1.22. The molecule has 0 saturated heterocycles. The number of halogens is 1. The van der Waals surface area contributed by atoms with Crippen molar-refractivity contribution in [2.24, 2.45) is 0 Å². The van der Waals surface area contributed by atoms with Crippen molar-refractivity contribution in [2.75, 3.05) is 18.0 Å². The lowest BCUT2D eigenvalue weighted by molar-refractivity contribution is -0.132. The Hall–Kier alpha value is -2.95. The summed E-state index contributed by atoms with van der Waals surface area (Å²) >= 11 is 2.99. The fourth-order valence-corrected chi connectivity index (χ4v) is 5.65. The molecule has 2 aromatic heterocycles. The highest BCUT2D eigenvalue weighted by Crippen LogP contribution is 2.35. The zero-order valence-corrected chi connectivity index (χ0v) is 20.4. The van der Waals surface area contributed by atoms with Crippen molar-refractivity contribution in [3.63, 3.8) is 0 Å². The van der Waals surface area contributed by atoms with Gasteiger partial charge in [0.1, 0.15) is 5.82 Å². The van der Waals surface area contributed by atoms with Gasteiger partial charge in [-0.1, -0.05) is 32.8 Å². The predicted molar refractivity (Wildman–Crippen MR) is 139 cm³/mol. The Morgan fingerprint density at radius 3 is 2.27 bits per heavy atom. The Labute approximate surface area is 202 Å². The van der Waals surface area contributed by atoms with Crippen LogP contribution in [0.2, 0.25) is 0 Å². The molecule has 2 heterocycles. The number of nitrogens with zero attached hydrogens (tertiary/aromatic N) is 2. The number of unbranched alkanes of at least 4 members (excludes halogenated alkanes) is 2. The first-order valence-corrected chi connectivity index (χ1v) is 12.7. The maximum Gasteiger partial charge on any atom is 0.333 e. The first kappa shape index (κ1) is 24.7. The zero-order chi connectivity index (χ0) is 23.8. The topological polar surface area (TPSA) is 44.9 Å². The second kappa shape index (κ2) is 11.8. The number of aliphatic carboxylic acids is 1. The van der Waals surface area contributed by atoms with Gasteiger partial charge in [0.15, 0.2) is 0 Å². The number of hydrogen-bond acceptors (Lipinski definition) is 4. The van der Waals surface area contributed by atoms with Crippen molar-refractivity contribution < 1.29 is 14.3 Å². The molecule has 1 aromatic carbocycles. The minimum absolute atomic E-state index is 0.229. The summed E-state index contributed by atoms with van der Waals surface area (Å²) in [6, 6.07) is 9.35. The molecule has 0 amide bonds. The summed E-state index contributed by atoms with van der Waals surface area (Å²) in [5.41, 5.74) is 1.18. The molecule has 33 heavy (non-hydrogen) atoms. The van der Waals surface area contributed by atoms with Gasteiger partial charge in [-0.25, -0.2) is 9.24 Å². The van der Waals surface area contributed by atoms with E-state index in [0.29, 0.717) is 5.56 Å². The smallest absolute Gasteiger partial charge is 0.333 e. The Balaban J connectivity index is 1.75. The van der Waals surface area contributed by atoms with Gasteiger partial charge in [-0.15, -0.1) is 22.7 Å². The van der Waals surface area contributed by atoms with Gasteiger partial charge in [-0.2, -0.15) is 0 Å². The summed E-state index contributed by atoms with van der Waals surface area (Å²) in [5.74, 6) is -1.45. The fourth-order valence-electron chi connectivity index (χ4n) is 3.39. The van der Waals surface area contributed by atoms with E-state index in [9.17, 15) is 9.18 Å². The molecule has 0 bridgehead atoms. The number of hydrogen-bond donors (Lipinski definition) is 1. The average Bonchev–Trinajstić information content (AvgIpc) is 3.34. The summed E-state index contributed by atoms with van der Waals surface area (Å²) < 4.78 is 16.8. The van der Waals surface area contributed by atoms with E-state index in [1.165, 1.54) is 17.4 Å². The van der Waals surface area contributed by atoms with E-state index in [2.05, 4.69) is 23.6 Å². The van der Waals surface area contributed by atoms with Crippen LogP contribution in [0.25, 0.3) is 32.5 Å². The zero-order valence-electron chi connectivity index (χ0n) is 18.8. The number of carboxylic acid groups (broad SMARTS) is 1. The summed E-state index contributed by atoms with van der Waals surface area (Å²) in [4.78, 5) is 18.1. The maximum atomic E-state index is 14.8. The lowest BCUT2D eigenvalue weighted by Gasteiger charge is -2.25. The third-order valence-corrected chi connectivity index (χ3v) is 7.41. The Kier molecular flexibility index (Phi) is 8.81. The molecule has 1 N–H and O–H groups in total. The van der Waals surface area contributed by atoms with Gasteiger partial charge in [-0.3, -0.25) is 4.79 Å². The summed E-state index contributed by atoms with van der Waals surface area (Å²) in [7, 11) is 0. The van der Waals surface area contributed by atoms with Crippen LogP contribution >= 0.6 is 22.7 Å². The third kappa shape index (κ3) is 6.53. The minimum Gasteiger partial charge on any atom is -0.486 e. The Bertz CT molecular complexity index is 1180. The van der Waals surface area contributed by atoms with E-state index >= 15 is 0 Å². The van der Waals surface area contributed by atoms with Crippen molar-refractivity contribution in [3.8, 4) is 0 Å². The van der Waals surface area contributed by atoms with E-state index in [-0.39, 0.29) is 11.5 Å². The molecule has 0 radical (unpaired) electrons. The second-order valence-electron chi connectivity index (χ2n) is 7.71. The largest absolute Gasteiger partial charge is 0.486 e. The van der Waals surface area contributed by atoms with E-state index in [1.807, 2.05) is 30.3 Å². The van der Waals surface area contributed by atoms with Crippen molar-refractivity contribution in [3.05, 3.63) is 68.6 Å². The Morgan fingerprint density at radius 2 is 1.70 bits per heavy atom. The van der Waals surface area contributed by atoms with E-state index in [0.717, 1.165) is 63.6 Å². The summed E-state index contributed by atoms with van der Waals surface area (Å²) in [6.07, 6.45) is 9.50. The quantitative estimate of drug-likeness (QED) is 0.222. The van der Waals surface area contributed by atoms with Crippen LogP contribution in [-0.2, 0) is 4.79 Å². The molecule has 0 spiro atoms. The average molecular weight is 483 g/mol. The highest BCUT2D eigenvalue weighted by atomic mass is 32.1. The number of thiophene rings is 2. The highest BCUT2D eigenvalue weighted by molar-refractivity contribution is 7.28. The Morgan fingerprint density at radius 1 is 1.06 bits per heavy atom. The van der Waals surface area contributed by atoms with Gasteiger partial charge in [0, 0.05) is 43.5 Å². The summed E-state index contributed by atoms with van der Waals surface area (Å²) in [6.45, 7) is 13.2. The van der Waals surface area contributed by atoms with Crippen LogP contribution in [0.1, 0.15) is 54.8 Å². The van der Waals surface area contributed by atoms with Crippen LogP contribution in [0.5, 0.6) is 0 Å². The molecule has 0 atom stereocenters. The molecule has 0 fully saturated rings. The number of carbonyl (C=O) groups is 1. The number of rotatable bonds is 11. The van der Waals surface area contributed by atoms with E-state index < -0.39 is 5.97 Å². The van der Waals surface area contributed by atoms with Crippen molar-refractivity contribution >= 4 is 62.0 Å². The molecule has 0 aliphatic carbocycles. The summed E-state index contributed by atoms with van der Waals surface area (Å²) in [5, 5.41) is 9.01. The van der Waals surface area contributed by atoms with E-state index in [4.69, 9.17) is 11.7 Å². The maximum absolute atomic E-state index is 14.8. The fraction of sp³-hybridized carbons (Fsp3) is 0.308. The lowest BCUT2D eigenvalue weighted by atomic mass is 10.1.